The van der Waals surface area contributed by atoms with E-state index in [2.05, 4.69) is 35.7 Å². The van der Waals surface area contributed by atoms with Crippen LogP contribution in [0, 0.1) is 0 Å². The van der Waals surface area contributed by atoms with Crippen LogP contribution < -0.4 is 5.32 Å². The largest absolute Gasteiger partial charge is 0.418 e. The third kappa shape index (κ3) is 5.54. The molecule has 0 unspecified atom stereocenters. The van der Waals surface area contributed by atoms with E-state index in [1.807, 2.05) is 35.2 Å². The average molecular weight is 575 g/mol. The van der Waals surface area contributed by atoms with Crippen LogP contribution in [0.4, 0.5) is 14.5 Å². The summed E-state index contributed by atoms with van der Waals surface area (Å²) in [4.78, 5) is 41.7. The van der Waals surface area contributed by atoms with Crippen molar-refractivity contribution in [2.75, 3.05) is 31.5 Å². The number of rotatable bonds is 7. The molecule has 1 fully saturated rings. The summed E-state index contributed by atoms with van der Waals surface area (Å²) in [6.45, 7) is 0.136. The van der Waals surface area contributed by atoms with Crippen molar-refractivity contribution < 1.29 is 22.8 Å². The number of halogens is 2. The number of nitrogens with zero attached hydrogens (tertiary/aromatic N) is 9. The predicted octanol–water partition coefficient (Wildman–Crippen LogP) is 3.17. The number of hydrogen-bond acceptors (Lipinski definition) is 10. The average Bonchev–Trinajstić information content (AvgIpc) is 3.66. The van der Waals surface area contributed by atoms with Crippen molar-refractivity contribution in [1.29, 1.82) is 0 Å². The second kappa shape index (κ2) is 11.4. The molecule has 1 aliphatic rings. The number of alkyl halides is 2. The van der Waals surface area contributed by atoms with Crippen molar-refractivity contribution >= 4 is 28.7 Å². The van der Waals surface area contributed by atoms with E-state index in [4.69, 9.17) is 4.42 Å². The van der Waals surface area contributed by atoms with Gasteiger partial charge in [0.15, 0.2) is 5.82 Å². The van der Waals surface area contributed by atoms with Gasteiger partial charge in [0, 0.05) is 44.9 Å². The summed E-state index contributed by atoms with van der Waals surface area (Å²) in [5.41, 5.74) is 2.82. The maximum absolute atomic E-state index is 13.4. The lowest BCUT2D eigenvalue weighted by molar-refractivity contribution is -0.114. The van der Waals surface area contributed by atoms with Gasteiger partial charge in [-0.15, -0.1) is 10.2 Å². The molecule has 0 saturated carbocycles. The zero-order valence-electron chi connectivity index (χ0n) is 22.3. The van der Waals surface area contributed by atoms with E-state index < -0.39 is 12.6 Å². The monoisotopic (exact) mass is 574 g/mol. The smallest absolute Gasteiger partial charge is 0.350 e. The van der Waals surface area contributed by atoms with Gasteiger partial charge in [-0.2, -0.15) is 8.78 Å². The fourth-order valence-corrected chi connectivity index (χ4v) is 4.83. The molecule has 2 amide bonds. The van der Waals surface area contributed by atoms with E-state index in [1.165, 1.54) is 19.3 Å². The molecular formula is C27H24F2N10O3. The van der Waals surface area contributed by atoms with Gasteiger partial charge >= 0.3 is 6.55 Å². The molecule has 1 aromatic carbocycles. The van der Waals surface area contributed by atoms with Gasteiger partial charge in [0.05, 0.1) is 17.9 Å². The molecule has 13 nitrogen and oxygen atoms in total. The summed E-state index contributed by atoms with van der Waals surface area (Å²) in [7, 11) is 0. The summed E-state index contributed by atoms with van der Waals surface area (Å²) in [6, 6.07) is 13.8. The van der Waals surface area contributed by atoms with Crippen LogP contribution in [-0.2, 0) is 4.79 Å². The first-order valence-corrected chi connectivity index (χ1v) is 13.0. The molecule has 1 aliphatic heterocycles. The summed E-state index contributed by atoms with van der Waals surface area (Å²) >= 11 is 0. The van der Waals surface area contributed by atoms with Crippen LogP contribution >= 0.6 is 0 Å². The first-order valence-electron chi connectivity index (χ1n) is 13.0. The molecule has 15 heteroatoms. The molecule has 42 heavy (non-hydrogen) atoms. The number of anilines is 1. The van der Waals surface area contributed by atoms with Crippen molar-refractivity contribution in [2.45, 2.75) is 19.5 Å². The summed E-state index contributed by atoms with van der Waals surface area (Å²) in [5, 5.41) is 14.0. The number of aromatic nitrogens is 7. The Morgan fingerprint density at radius 2 is 1.81 bits per heavy atom. The standard InChI is InChI=1S/C27H24F2N10O3/c1-16(40)32-19-14-20-25(31-15-19)42-24(33-20)18-7-8-30-21(13-18)26(41)38-11-9-37(10-12-38)22(17-5-3-2-4-6-17)23-34-36-39(35-23)27(28)29/h2-8,13-15,22,27H,9-12H2,1H3,(H,32,40)/t22-/m1/s1. The highest BCUT2D eigenvalue weighted by atomic mass is 19.3. The SMILES string of the molecule is CC(=O)Nc1cnc2oc(-c3ccnc(C(=O)N4CCN([C@H](c5ccccc5)c5nnn(C(F)F)n5)CC4)c3)nc2c1. The van der Waals surface area contributed by atoms with E-state index in [-0.39, 0.29) is 34.9 Å². The maximum atomic E-state index is 13.4. The quantitative estimate of drug-likeness (QED) is 0.307. The second-order valence-corrected chi connectivity index (χ2v) is 9.57. The van der Waals surface area contributed by atoms with Gasteiger partial charge in [0.2, 0.25) is 17.5 Å². The third-order valence-corrected chi connectivity index (χ3v) is 6.74. The van der Waals surface area contributed by atoms with Gasteiger partial charge in [-0.25, -0.2) is 9.97 Å². The molecular weight excluding hydrogens is 550 g/mol. The molecule has 4 aromatic heterocycles. The molecule has 5 aromatic rings. The van der Waals surface area contributed by atoms with Crippen molar-refractivity contribution in [3.8, 4) is 11.5 Å². The molecule has 0 radical (unpaired) electrons. The van der Waals surface area contributed by atoms with E-state index in [0.29, 0.717) is 47.7 Å². The minimum absolute atomic E-state index is 0.160. The van der Waals surface area contributed by atoms with Crippen molar-refractivity contribution in [2.24, 2.45) is 0 Å². The van der Waals surface area contributed by atoms with Crippen LogP contribution in [-0.4, -0.2) is 83.0 Å². The number of piperazine rings is 1. The van der Waals surface area contributed by atoms with E-state index >= 15 is 0 Å². The lowest BCUT2D eigenvalue weighted by atomic mass is 10.0. The Labute approximate surface area is 237 Å². The van der Waals surface area contributed by atoms with Crippen LogP contribution in [0.25, 0.3) is 22.7 Å². The van der Waals surface area contributed by atoms with E-state index in [0.717, 1.165) is 5.56 Å². The summed E-state index contributed by atoms with van der Waals surface area (Å²) in [6.07, 6.45) is 2.98. The van der Waals surface area contributed by atoms with Crippen molar-refractivity contribution in [1.82, 2.24) is 45.0 Å². The number of tetrazole rings is 1. The van der Waals surface area contributed by atoms with Gasteiger partial charge in [0.1, 0.15) is 11.2 Å². The second-order valence-electron chi connectivity index (χ2n) is 9.57. The third-order valence-electron chi connectivity index (χ3n) is 6.74. The van der Waals surface area contributed by atoms with Crippen molar-refractivity contribution in [3.05, 3.63) is 78.0 Å². The van der Waals surface area contributed by atoms with Gasteiger partial charge in [-0.1, -0.05) is 35.1 Å². The molecule has 6 rings (SSSR count). The van der Waals surface area contributed by atoms with Crippen LogP contribution in [0.2, 0.25) is 0 Å². The lowest BCUT2D eigenvalue weighted by Crippen LogP contribution is -2.50. The van der Waals surface area contributed by atoms with Crippen LogP contribution in [0.3, 0.4) is 0 Å². The van der Waals surface area contributed by atoms with Crippen LogP contribution in [0.15, 0.2) is 65.3 Å². The van der Waals surface area contributed by atoms with Crippen LogP contribution in [0.5, 0.6) is 0 Å². The summed E-state index contributed by atoms with van der Waals surface area (Å²) < 4.78 is 32.1. The number of fused-ring (bicyclic) bond motifs is 1. The predicted molar refractivity (Wildman–Crippen MR) is 144 cm³/mol. The number of hydrogen-bond donors (Lipinski definition) is 1. The zero-order chi connectivity index (χ0) is 29.2. The normalized spacial score (nSPS) is 14.8. The Kier molecular flexibility index (Phi) is 7.31. The van der Waals surface area contributed by atoms with Gasteiger partial charge in [-0.05, 0) is 29.0 Å². The fourth-order valence-electron chi connectivity index (χ4n) is 4.83. The fraction of sp³-hybridized carbons (Fsp3) is 0.259. The first-order chi connectivity index (χ1) is 20.4. The highest BCUT2D eigenvalue weighted by molar-refractivity contribution is 5.93. The Balaban J connectivity index is 1.18. The molecule has 0 spiro atoms. The maximum Gasteiger partial charge on any atom is 0.350 e. The van der Waals surface area contributed by atoms with Gasteiger partial charge < -0.3 is 14.6 Å². The number of nitrogens with one attached hydrogen (secondary N) is 1. The molecule has 5 heterocycles. The molecule has 0 bridgehead atoms. The van der Waals surface area contributed by atoms with Gasteiger partial charge in [-0.3, -0.25) is 19.5 Å². The molecule has 1 saturated heterocycles. The molecule has 0 aliphatic carbocycles. The Bertz CT molecular complexity index is 1730. The zero-order valence-corrected chi connectivity index (χ0v) is 22.3. The Morgan fingerprint density at radius 3 is 2.52 bits per heavy atom. The van der Waals surface area contributed by atoms with E-state index in [1.54, 1.807) is 23.1 Å². The first kappa shape index (κ1) is 27.0. The topological polar surface area (TPSA) is 148 Å². The molecule has 214 valence electrons. The Morgan fingerprint density at radius 1 is 1.02 bits per heavy atom. The number of carbonyl (C=O) groups is 2. The Hall–Kier alpha value is -5.18. The molecule has 1 N–H and O–H groups in total. The highest BCUT2D eigenvalue weighted by Crippen LogP contribution is 2.28. The number of carbonyl (C=O) groups excluding carboxylic acids is 2. The highest BCUT2D eigenvalue weighted by Gasteiger charge is 2.32. The number of benzene rings is 1. The lowest BCUT2D eigenvalue weighted by Gasteiger charge is -2.38. The number of oxazole rings is 1. The number of pyridine rings is 2. The minimum atomic E-state index is -2.90. The number of amides is 2. The van der Waals surface area contributed by atoms with E-state index in [9.17, 15) is 18.4 Å². The minimum Gasteiger partial charge on any atom is -0.418 e. The van der Waals surface area contributed by atoms with Crippen LogP contribution in [0.1, 0.15) is 41.4 Å². The summed E-state index contributed by atoms with van der Waals surface area (Å²) in [5.74, 6) is -0.0806. The van der Waals surface area contributed by atoms with Crippen molar-refractivity contribution in [3.63, 3.8) is 0 Å². The molecule has 1 atom stereocenters. The van der Waals surface area contributed by atoms with Gasteiger partial charge in [0.25, 0.3) is 5.91 Å².